The molecule has 0 aliphatic rings. The molecule has 4 aromatic rings. The Bertz CT molecular complexity index is 1200. The predicted octanol–water partition coefficient (Wildman–Crippen LogP) is 2.96. The highest BCUT2D eigenvalue weighted by atomic mass is 16.1. The number of aryl methyl sites for hydroxylation is 1. The highest BCUT2D eigenvalue weighted by Gasteiger charge is 2.13. The summed E-state index contributed by atoms with van der Waals surface area (Å²) in [6.45, 7) is 2.64. The van der Waals surface area contributed by atoms with Crippen molar-refractivity contribution in [2.24, 2.45) is 0 Å². The largest absolute Gasteiger partial charge is 0.355 e. The maximum Gasteiger partial charge on any atom is 0.262 e. The summed E-state index contributed by atoms with van der Waals surface area (Å²) in [4.78, 5) is 32.0. The van der Waals surface area contributed by atoms with Crippen molar-refractivity contribution in [3.05, 3.63) is 88.6 Å². The standard InChI is InChI=1S/C23H23N5O2/c1-16(17-8-4-2-5-9-17)14-24-21(29)13-12-20-26-22-19(23(30)27-20)15-25-28(22)18-10-6-3-7-11-18/h2-11,15-16H,12-14H2,1H3,(H,24,29)(H,26,27,30)/t16-/m0/s1. The molecule has 2 aromatic heterocycles. The summed E-state index contributed by atoms with van der Waals surface area (Å²) in [5, 5.41) is 7.67. The molecule has 0 aliphatic carbocycles. The molecular weight excluding hydrogens is 378 g/mol. The van der Waals surface area contributed by atoms with Crippen LogP contribution in [0.3, 0.4) is 0 Å². The van der Waals surface area contributed by atoms with Crippen LogP contribution in [-0.4, -0.2) is 32.2 Å². The molecule has 30 heavy (non-hydrogen) atoms. The maximum atomic E-state index is 12.4. The number of H-pyrrole nitrogens is 1. The van der Waals surface area contributed by atoms with Crippen LogP contribution >= 0.6 is 0 Å². The van der Waals surface area contributed by atoms with Gasteiger partial charge in [0.1, 0.15) is 11.2 Å². The number of fused-ring (bicyclic) bond motifs is 1. The Labute approximate surface area is 173 Å². The smallest absolute Gasteiger partial charge is 0.262 e. The first-order valence-electron chi connectivity index (χ1n) is 9.96. The number of carbonyl (C=O) groups is 1. The Hall–Kier alpha value is -3.74. The molecule has 0 saturated heterocycles. The molecule has 4 rings (SSSR count). The van der Waals surface area contributed by atoms with Crippen LogP contribution in [0.4, 0.5) is 0 Å². The topological polar surface area (TPSA) is 92.7 Å². The van der Waals surface area contributed by atoms with Crippen molar-refractivity contribution in [3.8, 4) is 5.69 Å². The number of aromatic amines is 1. The lowest BCUT2D eigenvalue weighted by Crippen LogP contribution is -2.28. The quantitative estimate of drug-likeness (QED) is 0.498. The molecule has 7 heteroatoms. The first-order chi connectivity index (χ1) is 14.6. The Kier molecular flexibility index (Phi) is 5.70. The molecule has 1 amide bonds. The molecule has 0 fully saturated rings. The van der Waals surface area contributed by atoms with Crippen LogP contribution in [-0.2, 0) is 11.2 Å². The first-order valence-corrected chi connectivity index (χ1v) is 9.96. The minimum Gasteiger partial charge on any atom is -0.355 e. The lowest BCUT2D eigenvalue weighted by Gasteiger charge is -2.13. The molecule has 152 valence electrons. The van der Waals surface area contributed by atoms with Crippen molar-refractivity contribution < 1.29 is 4.79 Å². The monoisotopic (exact) mass is 401 g/mol. The number of hydrogen-bond donors (Lipinski definition) is 2. The minimum atomic E-state index is -0.254. The average molecular weight is 401 g/mol. The maximum absolute atomic E-state index is 12.4. The first kappa shape index (κ1) is 19.6. The summed E-state index contributed by atoms with van der Waals surface area (Å²) < 4.78 is 1.63. The Morgan fingerprint density at radius 2 is 1.80 bits per heavy atom. The number of aromatic nitrogens is 4. The van der Waals surface area contributed by atoms with Gasteiger partial charge in [-0.05, 0) is 23.6 Å². The lowest BCUT2D eigenvalue weighted by atomic mass is 10.0. The van der Waals surface area contributed by atoms with Crippen LogP contribution in [0.1, 0.15) is 30.7 Å². The molecule has 2 N–H and O–H groups in total. The molecule has 2 heterocycles. The zero-order chi connectivity index (χ0) is 20.9. The van der Waals surface area contributed by atoms with Gasteiger partial charge in [-0.15, -0.1) is 0 Å². The minimum absolute atomic E-state index is 0.0721. The van der Waals surface area contributed by atoms with Crippen LogP contribution < -0.4 is 10.9 Å². The molecule has 0 unspecified atom stereocenters. The van der Waals surface area contributed by atoms with Crippen molar-refractivity contribution in [3.63, 3.8) is 0 Å². The molecule has 0 radical (unpaired) electrons. The van der Waals surface area contributed by atoms with Gasteiger partial charge in [0.15, 0.2) is 5.65 Å². The molecule has 0 aliphatic heterocycles. The van der Waals surface area contributed by atoms with E-state index >= 15 is 0 Å². The highest BCUT2D eigenvalue weighted by Crippen LogP contribution is 2.14. The van der Waals surface area contributed by atoms with E-state index < -0.39 is 0 Å². The van der Waals surface area contributed by atoms with Crippen LogP contribution in [0.5, 0.6) is 0 Å². The van der Waals surface area contributed by atoms with E-state index in [4.69, 9.17) is 0 Å². The second-order valence-electron chi connectivity index (χ2n) is 7.26. The van der Waals surface area contributed by atoms with Gasteiger partial charge in [0.05, 0.1) is 11.9 Å². The number of benzene rings is 2. The van der Waals surface area contributed by atoms with Crippen molar-refractivity contribution >= 4 is 16.9 Å². The molecule has 7 nitrogen and oxygen atoms in total. The fourth-order valence-corrected chi connectivity index (χ4v) is 3.33. The molecule has 0 saturated carbocycles. The van der Waals surface area contributed by atoms with E-state index in [1.54, 1.807) is 4.68 Å². The van der Waals surface area contributed by atoms with Gasteiger partial charge in [0.2, 0.25) is 5.91 Å². The van der Waals surface area contributed by atoms with E-state index in [9.17, 15) is 9.59 Å². The third kappa shape index (κ3) is 4.30. The summed E-state index contributed by atoms with van der Waals surface area (Å²) in [5.41, 5.74) is 2.24. The third-order valence-electron chi connectivity index (χ3n) is 5.05. The van der Waals surface area contributed by atoms with Gasteiger partial charge >= 0.3 is 0 Å². The summed E-state index contributed by atoms with van der Waals surface area (Å²) in [5.74, 6) is 0.623. The van der Waals surface area contributed by atoms with Gasteiger partial charge in [-0.1, -0.05) is 55.5 Å². The Morgan fingerprint density at radius 1 is 1.10 bits per heavy atom. The zero-order valence-corrected chi connectivity index (χ0v) is 16.7. The number of nitrogens with one attached hydrogen (secondary N) is 2. The van der Waals surface area contributed by atoms with Gasteiger partial charge in [-0.3, -0.25) is 9.59 Å². The fraction of sp³-hybridized carbons (Fsp3) is 0.217. The lowest BCUT2D eigenvalue weighted by molar-refractivity contribution is -0.121. The van der Waals surface area contributed by atoms with Gasteiger partial charge < -0.3 is 10.3 Å². The van der Waals surface area contributed by atoms with Crippen LogP contribution in [0.25, 0.3) is 16.7 Å². The number of carbonyl (C=O) groups excluding carboxylic acids is 1. The summed E-state index contributed by atoms with van der Waals surface area (Å²) in [6, 6.07) is 19.6. The normalized spacial score (nSPS) is 12.0. The van der Waals surface area contributed by atoms with Gasteiger partial charge in [0.25, 0.3) is 5.56 Å². The van der Waals surface area contributed by atoms with E-state index in [2.05, 4.69) is 39.4 Å². The Balaban J connectivity index is 1.43. The van der Waals surface area contributed by atoms with E-state index in [0.29, 0.717) is 29.8 Å². The Morgan fingerprint density at radius 3 is 2.53 bits per heavy atom. The molecule has 1 atom stereocenters. The SMILES string of the molecule is C[C@@H](CNC(=O)CCc1nc2c(cnn2-c2ccccc2)c(=O)[nH]1)c1ccccc1. The van der Waals surface area contributed by atoms with Crippen LogP contribution in [0.2, 0.25) is 0 Å². The average Bonchev–Trinajstić information content (AvgIpc) is 3.22. The van der Waals surface area contributed by atoms with Gasteiger partial charge in [-0.2, -0.15) is 5.10 Å². The number of rotatable bonds is 7. The zero-order valence-electron chi connectivity index (χ0n) is 16.7. The molecular formula is C23H23N5O2. The fourth-order valence-electron chi connectivity index (χ4n) is 3.33. The van der Waals surface area contributed by atoms with Crippen molar-refractivity contribution in [1.29, 1.82) is 0 Å². The number of nitrogens with zero attached hydrogens (tertiary/aromatic N) is 3. The summed E-state index contributed by atoms with van der Waals surface area (Å²) in [7, 11) is 0. The van der Waals surface area contributed by atoms with E-state index in [1.807, 2.05) is 48.5 Å². The van der Waals surface area contributed by atoms with Crippen molar-refractivity contribution in [2.45, 2.75) is 25.7 Å². The summed E-state index contributed by atoms with van der Waals surface area (Å²) >= 11 is 0. The predicted molar refractivity (Wildman–Crippen MR) is 116 cm³/mol. The second kappa shape index (κ2) is 8.73. The highest BCUT2D eigenvalue weighted by molar-refractivity contribution is 5.77. The number of hydrogen-bond acceptors (Lipinski definition) is 4. The van der Waals surface area contributed by atoms with Gasteiger partial charge in [0, 0.05) is 19.4 Å². The number of amides is 1. The molecule has 0 bridgehead atoms. The van der Waals surface area contributed by atoms with Crippen molar-refractivity contribution in [2.75, 3.05) is 6.54 Å². The second-order valence-corrected chi connectivity index (χ2v) is 7.26. The third-order valence-corrected chi connectivity index (χ3v) is 5.05. The summed E-state index contributed by atoms with van der Waals surface area (Å²) in [6.07, 6.45) is 2.10. The van der Waals surface area contributed by atoms with E-state index in [1.165, 1.54) is 11.8 Å². The number of para-hydroxylation sites is 1. The van der Waals surface area contributed by atoms with Crippen molar-refractivity contribution in [1.82, 2.24) is 25.1 Å². The van der Waals surface area contributed by atoms with E-state index in [0.717, 1.165) is 5.69 Å². The van der Waals surface area contributed by atoms with Gasteiger partial charge in [-0.25, -0.2) is 9.67 Å². The van der Waals surface area contributed by atoms with E-state index in [-0.39, 0.29) is 23.8 Å². The molecule has 0 spiro atoms. The van der Waals surface area contributed by atoms with Crippen LogP contribution in [0.15, 0.2) is 71.7 Å². The molecule has 2 aromatic carbocycles. The van der Waals surface area contributed by atoms with Crippen LogP contribution in [0, 0.1) is 0 Å².